The van der Waals surface area contributed by atoms with E-state index in [9.17, 15) is 31.6 Å². The van der Waals surface area contributed by atoms with Gasteiger partial charge in [0.2, 0.25) is 0 Å². The van der Waals surface area contributed by atoms with Gasteiger partial charge >= 0.3 is 15.6 Å². The molecule has 1 amide bonds. The minimum atomic E-state index is -5.90. The van der Waals surface area contributed by atoms with Gasteiger partial charge in [-0.2, -0.15) is 31.8 Å². The number of amides is 1. The summed E-state index contributed by atoms with van der Waals surface area (Å²) in [7, 11) is -5.90. The Bertz CT molecular complexity index is 1040. The van der Waals surface area contributed by atoms with Crippen LogP contribution in [0.3, 0.4) is 0 Å². The fourth-order valence-electron chi connectivity index (χ4n) is 2.55. The first-order valence-electron chi connectivity index (χ1n) is 7.63. The lowest BCUT2D eigenvalue weighted by Crippen LogP contribution is -2.35. The molecule has 0 aromatic carbocycles. The average Bonchev–Trinajstić information content (AvgIpc) is 2.98. The van der Waals surface area contributed by atoms with Crippen molar-refractivity contribution in [3.8, 4) is 11.9 Å². The van der Waals surface area contributed by atoms with Crippen molar-refractivity contribution < 1.29 is 30.6 Å². The first kappa shape index (κ1) is 19.3. The predicted molar refractivity (Wildman–Crippen MR) is 87.5 cm³/mol. The van der Waals surface area contributed by atoms with Crippen LogP contribution in [0.2, 0.25) is 0 Å². The van der Waals surface area contributed by atoms with Gasteiger partial charge in [0.15, 0.2) is 0 Å². The number of fused-ring (bicyclic) bond motifs is 1. The third-order valence-electron chi connectivity index (χ3n) is 3.81. The van der Waals surface area contributed by atoms with Crippen LogP contribution in [0.4, 0.5) is 13.2 Å². The maximum Gasteiger partial charge on any atom is 0.534 e. The molecular weight excluding hydrogens is 409 g/mol. The van der Waals surface area contributed by atoms with Crippen molar-refractivity contribution >= 4 is 37.7 Å². The van der Waals surface area contributed by atoms with Crippen LogP contribution in [0, 0.1) is 11.3 Å². The lowest BCUT2D eigenvalue weighted by Gasteiger charge is -2.26. The monoisotopic (exact) mass is 420 g/mol. The van der Waals surface area contributed by atoms with Crippen LogP contribution in [0.25, 0.3) is 10.3 Å². The fraction of sp³-hybridized carbons (Fsp3) is 0.429. The van der Waals surface area contributed by atoms with Crippen LogP contribution < -0.4 is 4.18 Å². The molecule has 8 nitrogen and oxygen atoms in total. The van der Waals surface area contributed by atoms with Crippen LogP contribution in [0.1, 0.15) is 34.5 Å². The minimum absolute atomic E-state index is 0.000355. The van der Waals surface area contributed by atoms with Gasteiger partial charge in [-0.1, -0.05) is 0 Å². The number of likely N-dealkylation sites (tertiary alicyclic amines) is 1. The zero-order valence-corrected chi connectivity index (χ0v) is 15.1. The maximum atomic E-state index is 12.6. The number of alkyl halides is 3. The van der Waals surface area contributed by atoms with Gasteiger partial charge in [-0.05, 0) is 19.3 Å². The smallest absolute Gasteiger partial charge is 0.353 e. The quantitative estimate of drug-likeness (QED) is 0.553. The second-order valence-electron chi connectivity index (χ2n) is 5.62. The number of aromatic nitrogens is 2. The number of thiophene rings is 1. The number of halogens is 3. The SMILES string of the molecule is N#Cc1c(C(=O)N2CCCCC2)sc2nc(OS(=O)(=O)C(F)(F)F)cnc12. The molecule has 1 saturated heterocycles. The molecule has 0 aliphatic carbocycles. The number of hydrogen-bond donors (Lipinski definition) is 0. The first-order chi connectivity index (χ1) is 12.6. The van der Waals surface area contributed by atoms with Crippen molar-refractivity contribution in [1.29, 1.82) is 5.26 Å². The molecule has 2 aromatic heterocycles. The summed E-state index contributed by atoms with van der Waals surface area (Å²) in [5, 5.41) is 9.36. The zero-order valence-electron chi connectivity index (χ0n) is 13.5. The van der Waals surface area contributed by atoms with E-state index in [0.29, 0.717) is 19.3 Å². The van der Waals surface area contributed by atoms with Gasteiger partial charge in [-0.25, -0.2) is 4.98 Å². The summed E-state index contributed by atoms with van der Waals surface area (Å²) < 4.78 is 63.3. The van der Waals surface area contributed by atoms with E-state index in [2.05, 4.69) is 14.2 Å². The van der Waals surface area contributed by atoms with Gasteiger partial charge in [0.05, 0.1) is 6.20 Å². The Kier molecular flexibility index (Phi) is 4.96. The highest BCUT2D eigenvalue weighted by molar-refractivity contribution is 7.87. The van der Waals surface area contributed by atoms with Gasteiger partial charge in [-0.3, -0.25) is 4.79 Å². The predicted octanol–water partition coefficient (Wildman–Crippen LogP) is 2.42. The molecule has 27 heavy (non-hydrogen) atoms. The molecule has 0 radical (unpaired) electrons. The summed E-state index contributed by atoms with van der Waals surface area (Å²) in [6, 6.07) is 1.85. The summed E-state index contributed by atoms with van der Waals surface area (Å²) >= 11 is 0.755. The van der Waals surface area contributed by atoms with Crippen molar-refractivity contribution in [2.24, 2.45) is 0 Å². The Labute approximate surface area is 155 Å². The van der Waals surface area contributed by atoms with Crippen LogP contribution in [0.15, 0.2) is 6.20 Å². The molecule has 3 heterocycles. The van der Waals surface area contributed by atoms with E-state index in [1.807, 2.05) is 6.07 Å². The van der Waals surface area contributed by atoms with E-state index in [1.165, 1.54) is 0 Å². The molecule has 2 aromatic rings. The lowest BCUT2D eigenvalue weighted by atomic mass is 10.1. The third kappa shape index (κ3) is 3.67. The largest absolute Gasteiger partial charge is 0.534 e. The minimum Gasteiger partial charge on any atom is -0.353 e. The van der Waals surface area contributed by atoms with Gasteiger partial charge in [0.1, 0.15) is 26.9 Å². The molecule has 0 N–H and O–H groups in total. The highest BCUT2D eigenvalue weighted by atomic mass is 32.2. The van der Waals surface area contributed by atoms with Crippen molar-refractivity contribution in [2.75, 3.05) is 13.1 Å². The van der Waals surface area contributed by atoms with Crippen molar-refractivity contribution in [2.45, 2.75) is 24.8 Å². The maximum absolute atomic E-state index is 12.6. The normalized spacial score (nSPS) is 15.6. The molecule has 1 aliphatic heterocycles. The molecule has 0 spiro atoms. The molecule has 0 bridgehead atoms. The third-order valence-corrected chi connectivity index (χ3v) is 5.83. The van der Waals surface area contributed by atoms with E-state index in [1.54, 1.807) is 4.90 Å². The Morgan fingerprint density at radius 3 is 2.56 bits per heavy atom. The van der Waals surface area contributed by atoms with Crippen LogP contribution in [0.5, 0.6) is 5.88 Å². The van der Waals surface area contributed by atoms with Crippen molar-refractivity contribution in [3.63, 3.8) is 0 Å². The Balaban J connectivity index is 1.99. The number of hydrogen-bond acceptors (Lipinski definition) is 8. The topological polar surface area (TPSA) is 113 Å². The van der Waals surface area contributed by atoms with Crippen molar-refractivity contribution in [3.05, 3.63) is 16.6 Å². The first-order valence-corrected chi connectivity index (χ1v) is 9.86. The standard InChI is InChI=1S/C14H11F3N4O4S2/c15-14(16,17)27(23,24)25-9-7-19-10-8(6-18)11(26-12(10)20-9)13(22)21-4-2-1-3-5-21/h7H,1-5H2. The second kappa shape index (κ2) is 6.93. The van der Waals surface area contributed by atoms with Gasteiger partial charge in [0, 0.05) is 13.1 Å². The van der Waals surface area contributed by atoms with E-state index >= 15 is 0 Å². The van der Waals surface area contributed by atoms with Crippen LogP contribution >= 0.6 is 11.3 Å². The molecule has 1 fully saturated rings. The van der Waals surface area contributed by atoms with Crippen molar-refractivity contribution in [1.82, 2.24) is 14.9 Å². The number of carbonyl (C=O) groups is 1. The highest BCUT2D eigenvalue weighted by Gasteiger charge is 2.49. The summed E-state index contributed by atoms with van der Waals surface area (Å²) in [5.74, 6) is -1.29. The fourth-order valence-corrected chi connectivity index (χ4v) is 3.99. The van der Waals surface area contributed by atoms with Gasteiger partial charge in [0.25, 0.3) is 11.8 Å². The number of carbonyl (C=O) groups excluding carboxylic acids is 1. The highest BCUT2D eigenvalue weighted by Crippen LogP contribution is 2.32. The van der Waals surface area contributed by atoms with Crippen LogP contribution in [-0.2, 0) is 10.1 Å². The van der Waals surface area contributed by atoms with E-state index < -0.39 is 21.5 Å². The molecule has 13 heteroatoms. The average molecular weight is 420 g/mol. The Morgan fingerprint density at radius 1 is 1.30 bits per heavy atom. The summed E-state index contributed by atoms with van der Waals surface area (Å²) in [6.07, 6.45) is 3.33. The molecule has 0 unspecified atom stereocenters. The van der Waals surface area contributed by atoms with E-state index in [-0.39, 0.29) is 26.7 Å². The summed E-state index contributed by atoms with van der Waals surface area (Å²) in [6.45, 7) is 1.08. The molecule has 0 atom stereocenters. The summed E-state index contributed by atoms with van der Waals surface area (Å²) in [5.41, 5.74) is -5.67. The zero-order chi connectivity index (χ0) is 19.8. The molecule has 1 aliphatic rings. The number of piperidine rings is 1. The molecule has 0 saturated carbocycles. The number of nitrogens with zero attached hydrogens (tertiary/aromatic N) is 4. The van der Waals surface area contributed by atoms with Crippen LogP contribution in [-0.4, -0.2) is 47.8 Å². The number of rotatable bonds is 3. The lowest BCUT2D eigenvalue weighted by molar-refractivity contribution is -0.0501. The van der Waals surface area contributed by atoms with Gasteiger partial charge in [-0.15, -0.1) is 11.3 Å². The van der Waals surface area contributed by atoms with Gasteiger partial charge < -0.3 is 9.08 Å². The Morgan fingerprint density at radius 2 is 1.96 bits per heavy atom. The van der Waals surface area contributed by atoms with E-state index in [4.69, 9.17) is 0 Å². The molecule has 144 valence electrons. The molecule has 3 rings (SSSR count). The Hall–Kier alpha value is -2.46. The summed E-state index contributed by atoms with van der Waals surface area (Å²) in [4.78, 5) is 21.7. The second-order valence-corrected chi connectivity index (χ2v) is 8.15. The molecular formula is C14H11F3N4O4S2. The number of nitriles is 1. The van der Waals surface area contributed by atoms with E-state index in [0.717, 1.165) is 30.6 Å².